The number of cyclic esters (lactones) is 1. The molecule has 0 radical (unpaired) electrons. The summed E-state index contributed by atoms with van der Waals surface area (Å²) < 4.78 is 20.8. The molecule has 0 aromatic heterocycles. The van der Waals surface area contributed by atoms with Gasteiger partial charge in [0, 0.05) is 5.56 Å². The standard InChI is InChI=1S/C22H20ClNO6/c1-4-28-19(25)12-29-20-16(23)9-14(11-18(20)27-3)10-17-22(26)30-21(24-17)15-7-5-13(2)6-8-15/h5-11H,4,12H2,1-3H3/b17-10-. The molecule has 8 heteroatoms. The van der Waals surface area contributed by atoms with Crippen LogP contribution < -0.4 is 9.47 Å². The molecule has 30 heavy (non-hydrogen) atoms. The van der Waals surface area contributed by atoms with Crippen LogP contribution in [0.3, 0.4) is 0 Å². The van der Waals surface area contributed by atoms with Gasteiger partial charge in [-0.25, -0.2) is 14.6 Å². The van der Waals surface area contributed by atoms with Crippen LogP contribution in [0.25, 0.3) is 6.08 Å². The molecule has 0 saturated heterocycles. The molecule has 0 atom stereocenters. The second-order valence-electron chi connectivity index (χ2n) is 6.33. The molecule has 2 aromatic rings. The Labute approximate surface area is 178 Å². The number of nitrogens with zero attached hydrogens (tertiary/aromatic N) is 1. The van der Waals surface area contributed by atoms with Gasteiger partial charge in [-0.1, -0.05) is 29.3 Å². The van der Waals surface area contributed by atoms with Crippen molar-refractivity contribution in [3.8, 4) is 11.5 Å². The van der Waals surface area contributed by atoms with Gasteiger partial charge in [0.15, 0.2) is 23.8 Å². The molecular weight excluding hydrogens is 410 g/mol. The van der Waals surface area contributed by atoms with Gasteiger partial charge >= 0.3 is 11.9 Å². The number of halogens is 1. The van der Waals surface area contributed by atoms with Crippen molar-refractivity contribution >= 4 is 35.5 Å². The van der Waals surface area contributed by atoms with Crippen molar-refractivity contribution in [2.45, 2.75) is 13.8 Å². The van der Waals surface area contributed by atoms with Crippen LogP contribution in [0.15, 0.2) is 47.1 Å². The Morgan fingerprint density at radius 2 is 1.97 bits per heavy atom. The van der Waals surface area contributed by atoms with Crippen LogP contribution >= 0.6 is 11.6 Å². The second-order valence-corrected chi connectivity index (χ2v) is 6.74. The van der Waals surface area contributed by atoms with Crippen LogP contribution in [0.1, 0.15) is 23.6 Å². The van der Waals surface area contributed by atoms with Gasteiger partial charge in [0.25, 0.3) is 0 Å². The van der Waals surface area contributed by atoms with Crippen molar-refractivity contribution in [3.63, 3.8) is 0 Å². The Balaban J connectivity index is 1.85. The number of methoxy groups -OCH3 is 1. The van der Waals surface area contributed by atoms with Gasteiger partial charge < -0.3 is 18.9 Å². The van der Waals surface area contributed by atoms with Gasteiger partial charge in [-0.15, -0.1) is 0 Å². The molecule has 0 saturated carbocycles. The summed E-state index contributed by atoms with van der Waals surface area (Å²) >= 11 is 6.30. The summed E-state index contributed by atoms with van der Waals surface area (Å²) in [6.07, 6.45) is 1.53. The quantitative estimate of drug-likeness (QED) is 0.489. The first kappa shape index (κ1) is 21.4. The zero-order valence-corrected chi connectivity index (χ0v) is 17.5. The summed E-state index contributed by atoms with van der Waals surface area (Å²) in [6.45, 7) is 3.62. The van der Waals surface area contributed by atoms with E-state index in [9.17, 15) is 9.59 Å². The van der Waals surface area contributed by atoms with Gasteiger partial charge in [-0.3, -0.25) is 0 Å². The van der Waals surface area contributed by atoms with Crippen LogP contribution in [0.5, 0.6) is 11.5 Å². The number of aliphatic imine (C=N–C) groups is 1. The topological polar surface area (TPSA) is 83.4 Å². The maximum Gasteiger partial charge on any atom is 0.363 e. The van der Waals surface area contributed by atoms with Gasteiger partial charge in [-0.05, 0) is 49.8 Å². The van der Waals surface area contributed by atoms with E-state index in [4.69, 9.17) is 30.5 Å². The molecule has 0 aliphatic carbocycles. The molecule has 0 fully saturated rings. The highest BCUT2D eigenvalue weighted by molar-refractivity contribution is 6.32. The van der Waals surface area contributed by atoms with Crippen LogP contribution in [0.2, 0.25) is 5.02 Å². The number of carbonyl (C=O) groups excluding carboxylic acids is 2. The van der Waals surface area contributed by atoms with Crippen LogP contribution in [0, 0.1) is 6.92 Å². The van der Waals surface area contributed by atoms with Gasteiger partial charge in [0.2, 0.25) is 5.90 Å². The van der Waals surface area contributed by atoms with Crippen molar-refractivity contribution in [3.05, 3.63) is 63.8 Å². The third kappa shape index (κ3) is 4.99. The number of hydrogen-bond acceptors (Lipinski definition) is 7. The lowest BCUT2D eigenvalue weighted by atomic mass is 10.1. The summed E-state index contributed by atoms with van der Waals surface area (Å²) in [7, 11) is 1.44. The number of carbonyl (C=O) groups is 2. The zero-order valence-electron chi connectivity index (χ0n) is 16.7. The number of esters is 2. The largest absolute Gasteiger partial charge is 0.493 e. The molecule has 156 valence electrons. The fourth-order valence-corrected chi connectivity index (χ4v) is 2.96. The molecule has 0 spiro atoms. The average molecular weight is 430 g/mol. The molecule has 0 unspecified atom stereocenters. The molecule has 1 aliphatic rings. The summed E-state index contributed by atoms with van der Waals surface area (Å²) in [5, 5.41) is 0.208. The van der Waals surface area contributed by atoms with E-state index in [1.54, 1.807) is 19.1 Å². The van der Waals surface area contributed by atoms with Crippen molar-refractivity contribution < 1.29 is 28.5 Å². The average Bonchev–Trinajstić information content (AvgIpc) is 3.07. The first-order valence-corrected chi connectivity index (χ1v) is 9.54. The number of hydrogen-bond donors (Lipinski definition) is 0. The summed E-state index contributed by atoms with van der Waals surface area (Å²) in [5.41, 5.74) is 2.48. The highest BCUT2D eigenvalue weighted by Gasteiger charge is 2.24. The highest BCUT2D eigenvalue weighted by atomic mass is 35.5. The third-order valence-corrected chi connectivity index (χ3v) is 4.39. The number of aryl methyl sites for hydroxylation is 1. The Hall–Kier alpha value is -3.32. The van der Waals surface area contributed by atoms with E-state index in [2.05, 4.69) is 4.99 Å². The molecule has 1 aliphatic heterocycles. The molecule has 0 N–H and O–H groups in total. The molecular formula is C22H20ClNO6. The van der Waals surface area contributed by atoms with E-state index in [0.29, 0.717) is 16.9 Å². The number of rotatable bonds is 7. The molecule has 1 heterocycles. The minimum atomic E-state index is -0.566. The molecule has 3 rings (SSSR count). The zero-order chi connectivity index (χ0) is 21.7. The first-order chi connectivity index (χ1) is 14.4. The Bertz CT molecular complexity index is 1030. The minimum absolute atomic E-state index is 0.129. The molecule has 0 amide bonds. The molecule has 0 bridgehead atoms. The van der Waals surface area contributed by atoms with Crippen LogP contribution in [-0.4, -0.2) is 38.2 Å². The van der Waals surface area contributed by atoms with Gasteiger partial charge in [0.1, 0.15) is 0 Å². The lowest BCUT2D eigenvalue weighted by Gasteiger charge is -2.12. The number of ether oxygens (including phenoxy) is 4. The number of benzene rings is 2. The third-order valence-electron chi connectivity index (χ3n) is 4.11. The van der Waals surface area contributed by atoms with Crippen LogP contribution in [-0.2, 0) is 19.1 Å². The fourth-order valence-electron chi connectivity index (χ4n) is 2.68. The van der Waals surface area contributed by atoms with Gasteiger partial charge in [0.05, 0.1) is 18.7 Å². The van der Waals surface area contributed by atoms with Crippen molar-refractivity contribution in [1.82, 2.24) is 0 Å². The maximum atomic E-state index is 12.2. The summed E-state index contributed by atoms with van der Waals surface area (Å²) in [6, 6.07) is 10.7. The summed E-state index contributed by atoms with van der Waals surface area (Å²) in [4.78, 5) is 28.0. The van der Waals surface area contributed by atoms with Crippen molar-refractivity contribution in [2.75, 3.05) is 20.3 Å². The van der Waals surface area contributed by atoms with E-state index in [0.717, 1.165) is 5.56 Å². The Morgan fingerprint density at radius 3 is 2.63 bits per heavy atom. The predicted octanol–water partition coefficient (Wildman–Crippen LogP) is 3.94. The first-order valence-electron chi connectivity index (χ1n) is 9.16. The highest BCUT2D eigenvalue weighted by Crippen LogP contribution is 2.37. The monoisotopic (exact) mass is 429 g/mol. The van der Waals surface area contributed by atoms with E-state index >= 15 is 0 Å². The van der Waals surface area contributed by atoms with E-state index in [1.807, 2.05) is 31.2 Å². The Morgan fingerprint density at radius 1 is 1.23 bits per heavy atom. The Kier molecular flexibility index (Phi) is 6.74. The van der Waals surface area contributed by atoms with Crippen molar-refractivity contribution in [2.24, 2.45) is 4.99 Å². The SMILES string of the molecule is CCOC(=O)COc1c(Cl)cc(/C=C2\N=C(c3ccc(C)cc3)OC2=O)cc1OC. The van der Waals surface area contributed by atoms with E-state index < -0.39 is 11.9 Å². The van der Waals surface area contributed by atoms with E-state index in [1.165, 1.54) is 13.2 Å². The maximum absolute atomic E-state index is 12.2. The lowest BCUT2D eigenvalue weighted by Crippen LogP contribution is -2.15. The normalized spacial score (nSPS) is 14.3. The smallest absolute Gasteiger partial charge is 0.363 e. The van der Waals surface area contributed by atoms with E-state index in [-0.39, 0.29) is 35.6 Å². The predicted molar refractivity (Wildman–Crippen MR) is 112 cm³/mol. The molecule has 7 nitrogen and oxygen atoms in total. The fraction of sp³-hybridized carbons (Fsp3) is 0.227. The molecule has 2 aromatic carbocycles. The minimum Gasteiger partial charge on any atom is -0.493 e. The van der Waals surface area contributed by atoms with Crippen molar-refractivity contribution in [1.29, 1.82) is 0 Å². The van der Waals surface area contributed by atoms with Gasteiger partial charge in [-0.2, -0.15) is 0 Å². The summed E-state index contributed by atoms with van der Waals surface area (Å²) in [5.74, 6) is -0.351. The second kappa shape index (κ2) is 9.45. The van der Waals surface area contributed by atoms with Crippen LogP contribution in [0.4, 0.5) is 0 Å². The lowest BCUT2D eigenvalue weighted by molar-refractivity contribution is -0.145.